The van der Waals surface area contributed by atoms with Crippen LogP contribution in [-0.4, -0.2) is 36.0 Å². The molecule has 1 amide bonds. The molecule has 1 aliphatic carbocycles. The van der Waals surface area contributed by atoms with E-state index in [1.165, 1.54) is 19.3 Å². The van der Waals surface area contributed by atoms with Gasteiger partial charge in [-0.15, -0.1) is 0 Å². The third-order valence-electron chi connectivity index (χ3n) is 5.39. The lowest BCUT2D eigenvalue weighted by Gasteiger charge is -2.31. The Labute approximate surface area is 149 Å². The van der Waals surface area contributed by atoms with E-state index in [9.17, 15) is 9.59 Å². The number of allylic oxidation sites excluding steroid dienone is 1. The number of hydrogen-bond donors (Lipinski definition) is 0. The van der Waals surface area contributed by atoms with Crippen molar-refractivity contribution in [2.24, 2.45) is 5.92 Å². The van der Waals surface area contributed by atoms with Gasteiger partial charge in [0.2, 0.25) is 0 Å². The van der Waals surface area contributed by atoms with Crippen molar-refractivity contribution < 1.29 is 14.3 Å². The molecule has 2 fully saturated rings. The Hall–Kier alpha value is -1.94. The molecule has 2 aliphatic rings. The summed E-state index contributed by atoms with van der Waals surface area (Å²) in [6, 6.07) is 9.97. The smallest absolute Gasteiger partial charge is 0.252 e. The van der Waals surface area contributed by atoms with E-state index in [0.717, 1.165) is 30.3 Å². The molecule has 1 aliphatic heterocycles. The topological polar surface area (TPSA) is 46.6 Å². The molecule has 1 saturated heterocycles. The van der Waals surface area contributed by atoms with Gasteiger partial charge < -0.3 is 9.64 Å². The minimum atomic E-state index is -0.764. The number of benzene rings is 1. The molecule has 0 bridgehead atoms. The Balaban J connectivity index is 1.79. The molecule has 0 aromatic heterocycles. The van der Waals surface area contributed by atoms with Crippen molar-refractivity contribution in [3.8, 4) is 0 Å². The van der Waals surface area contributed by atoms with Crippen molar-refractivity contribution in [3.05, 3.63) is 47.5 Å². The molecule has 1 aromatic carbocycles. The van der Waals surface area contributed by atoms with Gasteiger partial charge in [-0.05, 0) is 37.7 Å². The number of hydrogen-bond acceptors (Lipinski definition) is 3. The van der Waals surface area contributed by atoms with Crippen molar-refractivity contribution in [2.75, 3.05) is 6.61 Å². The predicted octanol–water partition coefficient (Wildman–Crippen LogP) is 3.51. The van der Waals surface area contributed by atoms with Crippen LogP contribution >= 0.6 is 0 Å². The average molecular weight is 341 g/mol. The zero-order valence-electron chi connectivity index (χ0n) is 14.9. The molecule has 4 nitrogen and oxygen atoms in total. The number of amides is 1. The van der Waals surface area contributed by atoms with Crippen molar-refractivity contribution in [3.63, 3.8) is 0 Å². The third-order valence-corrected chi connectivity index (χ3v) is 5.39. The highest BCUT2D eigenvalue weighted by atomic mass is 16.5. The fourth-order valence-electron chi connectivity index (χ4n) is 4.10. The van der Waals surface area contributed by atoms with Crippen LogP contribution in [0.1, 0.15) is 44.6 Å². The van der Waals surface area contributed by atoms with Crippen LogP contribution in [-0.2, 0) is 20.7 Å². The second kappa shape index (κ2) is 8.43. The summed E-state index contributed by atoms with van der Waals surface area (Å²) < 4.78 is 5.61. The summed E-state index contributed by atoms with van der Waals surface area (Å²) in [5.41, 5.74) is 2.01. The Morgan fingerprint density at radius 1 is 1.20 bits per heavy atom. The van der Waals surface area contributed by atoms with Crippen LogP contribution in [0.4, 0.5) is 0 Å². The number of nitrogens with zero attached hydrogens (tertiary/aromatic N) is 1. The molecule has 1 saturated carbocycles. The van der Waals surface area contributed by atoms with Gasteiger partial charge in [-0.25, -0.2) is 0 Å². The average Bonchev–Trinajstić information content (AvgIpc) is 3.06. The summed E-state index contributed by atoms with van der Waals surface area (Å²) in [5, 5.41) is 0. The predicted molar refractivity (Wildman–Crippen MR) is 96.9 cm³/mol. The summed E-state index contributed by atoms with van der Waals surface area (Å²) in [4.78, 5) is 26.4. The van der Waals surface area contributed by atoms with Gasteiger partial charge in [0.1, 0.15) is 0 Å². The zero-order valence-corrected chi connectivity index (χ0v) is 14.9. The molecule has 0 spiro atoms. The minimum Gasteiger partial charge on any atom is -0.349 e. The Morgan fingerprint density at radius 3 is 2.56 bits per heavy atom. The van der Waals surface area contributed by atoms with Gasteiger partial charge in [-0.1, -0.05) is 55.7 Å². The summed E-state index contributed by atoms with van der Waals surface area (Å²) in [6.45, 7) is 2.34. The summed E-state index contributed by atoms with van der Waals surface area (Å²) in [6.07, 6.45) is 8.37. The maximum absolute atomic E-state index is 13.3. The molecule has 25 heavy (non-hydrogen) atoms. The van der Waals surface area contributed by atoms with E-state index in [-0.39, 0.29) is 11.9 Å². The summed E-state index contributed by atoms with van der Waals surface area (Å²) in [5.74, 6) is 0.293. The van der Waals surface area contributed by atoms with Gasteiger partial charge in [0, 0.05) is 5.57 Å². The molecule has 0 N–H and O–H groups in total. The Morgan fingerprint density at radius 2 is 1.92 bits per heavy atom. The second-order valence-electron chi connectivity index (χ2n) is 6.99. The fourth-order valence-corrected chi connectivity index (χ4v) is 4.10. The van der Waals surface area contributed by atoms with Crippen LogP contribution in [0.2, 0.25) is 0 Å². The van der Waals surface area contributed by atoms with E-state index in [1.54, 1.807) is 4.90 Å². The van der Waals surface area contributed by atoms with E-state index < -0.39 is 6.23 Å². The molecular weight excluding hydrogens is 314 g/mol. The molecule has 1 heterocycles. The minimum absolute atomic E-state index is 0.0232. The van der Waals surface area contributed by atoms with Crippen molar-refractivity contribution in [1.82, 2.24) is 4.90 Å². The van der Waals surface area contributed by atoms with Crippen LogP contribution < -0.4 is 0 Å². The molecule has 3 rings (SSSR count). The molecule has 134 valence electrons. The lowest BCUT2D eigenvalue weighted by Crippen LogP contribution is -2.45. The first-order valence-electron chi connectivity index (χ1n) is 9.34. The Bertz CT molecular complexity index is 619. The zero-order chi connectivity index (χ0) is 17.6. The van der Waals surface area contributed by atoms with Crippen molar-refractivity contribution >= 4 is 12.2 Å². The monoisotopic (exact) mass is 341 g/mol. The summed E-state index contributed by atoms with van der Waals surface area (Å²) in [7, 11) is 0. The highest BCUT2D eigenvalue weighted by Crippen LogP contribution is 2.32. The number of ether oxygens (including phenoxy) is 1. The Kier molecular flexibility index (Phi) is 6.03. The molecule has 4 heteroatoms. The highest BCUT2D eigenvalue weighted by molar-refractivity contribution is 5.95. The first kappa shape index (κ1) is 17.9. The van der Waals surface area contributed by atoms with Crippen LogP contribution in [0.15, 0.2) is 42.0 Å². The number of aldehydes is 1. The van der Waals surface area contributed by atoms with Crippen LogP contribution in [0.5, 0.6) is 0 Å². The lowest BCUT2D eigenvalue weighted by atomic mass is 9.83. The van der Waals surface area contributed by atoms with Crippen LogP contribution in [0, 0.1) is 5.92 Å². The highest BCUT2D eigenvalue weighted by Gasteiger charge is 2.40. The largest absolute Gasteiger partial charge is 0.349 e. The SMILES string of the molecule is CC=C(C(=O)N1C(Cc2ccccc2)COC1C=O)C1CCCCC1. The maximum Gasteiger partial charge on any atom is 0.252 e. The van der Waals surface area contributed by atoms with Gasteiger partial charge in [-0.2, -0.15) is 0 Å². The maximum atomic E-state index is 13.3. The number of carbonyl (C=O) groups is 2. The standard InChI is InChI=1S/C21H27NO3/c1-2-19(17-11-7-4-8-12-17)21(24)22-18(15-25-20(22)14-23)13-16-9-5-3-6-10-16/h2-3,5-6,9-10,14,17-18,20H,4,7-8,11-13,15H2,1H3. The van der Waals surface area contributed by atoms with Crippen LogP contribution in [0.25, 0.3) is 0 Å². The van der Waals surface area contributed by atoms with Crippen molar-refractivity contribution in [2.45, 2.75) is 57.7 Å². The van der Waals surface area contributed by atoms with E-state index in [1.807, 2.05) is 31.2 Å². The van der Waals surface area contributed by atoms with Gasteiger partial charge >= 0.3 is 0 Å². The number of carbonyl (C=O) groups excluding carboxylic acids is 2. The fraction of sp³-hybridized carbons (Fsp3) is 0.524. The van der Waals surface area contributed by atoms with Gasteiger partial charge in [0.05, 0.1) is 12.6 Å². The first-order valence-corrected chi connectivity index (χ1v) is 9.34. The molecule has 1 aromatic rings. The quantitative estimate of drug-likeness (QED) is 0.608. The normalized spacial score (nSPS) is 25.2. The van der Waals surface area contributed by atoms with Crippen LogP contribution in [0.3, 0.4) is 0 Å². The molecule has 0 radical (unpaired) electrons. The lowest BCUT2D eigenvalue weighted by molar-refractivity contribution is -0.139. The van der Waals surface area contributed by atoms with Gasteiger partial charge in [0.15, 0.2) is 12.5 Å². The number of rotatable bonds is 5. The molecular formula is C21H27NO3. The first-order chi connectivity index (χ1) is 12.2. The van der Waals surface area contributed by atoms with Crippen molar-refractivity contribution in [1.29, 1.82) is 0 Å². The van der Waals surface area contributed by atoms with Gasteiger partial charge in [-0.3, -0.25) is 9.59 Å². The molecule has 2 atom stereocenters. The summed E-state index contributed by atoms with van der Waals surface area (Å²) >= 11 is 0. The van der Waals surface area contributed by atoms with E-state index in [0.29, 0.717) is 18.9 Å². The van der Waals surface area contributed by atoms with E-state index in [4.69, 9.17) is 4.74 Å². The van der Waals surface area contributed by atoms with E-state index in [2.05, 4.69) is 12.1 Å². The second-order valence-corrected chi connectivity index (χ2v) is 6.99. The van der Waals surface area contributed by atoms with Gasteiger partial charge in [0.25, 0.3) is 5.91 Å². The molecule has 2 unspecified atom stereocenters. The third kappa shape index (κ3) is 4.01. The van der Waals surface area contributed by atoms with E-state index >= 15 is 0 Å².